The number of hydrogen-bond acceptors (Lipinski definition) is 3. The van der Waals surface area contributed by atoms with Crippen molar-refractivity contribution in [2.45, 2.75) is 52.5 Å². The van der Waals surface area contributed by atoms with Crippen molar-refractivity contribution in [3.8, 4) is 6.07 Å². The Labute approximate surface area is 102 Å². The predicted octanol–water partition coefficient (Wildman–Crippen LogP) is 2.28. The van der Waals surface area contributed by atoms with Gasteiger partial charge in [-0.3, -0.25) is 4.68 Å². The number of hydrogen-bond donors (Lipinski definition) is 1. The van der Waals surface area contributed by atoms with Gasteiger partial charge in [0.1, 0.15) is 0 Å². The van der Waals surface area contributed by atoms with Crippen molar-refractivity contribution in [3.63, 3.8) is 0 Å². The Morgan fingerprint density at radius 3 is 2.59 bits per heavy atom. The average molecular weight is 232 g/mol. The van der Waals surface area contributed by atoms with E-state index in [0.29, 0.717) is 6.42 Å². The molecule has 4 nitrogen and oxygen atoms in total. The summed E-state index contributed by atoms with van der Waals surface area (Å²) in [6, 6.07) is 2.29. The maximum atomic E-state index is 8.85. The zero-order valence-corrected chi connectivity index (χ0v) is 10.7. The highest BCUT2D eigenvalue weighted by molar-refractivity contribution is 5.48. The van der Waals surface area contributed by atoms with Crippen LogP contribution in [-0.4, -0.2) is 9.78 Å². The normalized spacial score (nSPS) is 16.8. The lowest BCUT2D eigenvalue weighted by Gasteiger charge is -2.13. The molecule has 1 aliphatic rings. The minimum absolute atomic E-state index is 0.183. The molecule has 1 heterocycles. The summed E-state index contributed by atoms with van der Waals surface area (Å²) in [5, 5.41) is 13.4. The number of aromatic nitrogens is 2. The molecule has 0 radical (unpaired) electrons. The van der Waals surface area contributed by atoms with Gasteiger partial charge in [0.2, 0.25) is 0 Å². The van der Waals surface area contributed by atoms with E-state index in [0.717, 1.165) is 49.3 Å². The topological polar surface area (TPSA) is 67.6 Å². The van der Waals surface area contributed by atoms with Crippen LogP contribution >= 0.6 is 0 Å². The van der Waals surface area contributed by atoms with Crippen molar-refractivity contribution < 1.29 is 0 Å². The zero-order valence-electron chi connectivity index (χ0n) is 10.7. The third-order valence-electron chi connectivity index (χ3n) is 3.74. The van der Waals surface area contributed by atoms with Crippen LogP contribution in [-0.2, 0) is 19.4 Å². The Morgan fingerprint density at radius 2 is 2.12 bits per heavy atom. The fourth-order valence-corrected chi connectivity index (χ4v) is 2.38. The second kappa shape index (κ2) is 4.40. The molecule has 1 fully saturated rings. The van der Waals surface area contributed by atoms with E-state index in [1.165, 1.54) is 0 Å². The molecule has 2 rings (SSSR count). The lowest BCUT2D eigenvalue weighted by atomic mass is 10.0. The second-order valence-corrected chi connectivity index (χ2v) is 5.01. The molecule has 4 heteroatoms. The third kappa shape index (κ3) is 2.14. The number of aryl methyl sites for hydroxylation is 1. The third-order valence-corrected chi connectivity index (χ3v) is 3.74. The summed E-state index contributed by atoms with van der Waals surface area (Å²) in [4.78, 5) is 0. The first kappa shape index (κ1) is 12.0. The van der Waals surface area contributed by atoms with Gasteiger partial charge < -0.3 is 5.73 Å². The van der Waals surface area contributed by atoms with Crippen molar-refractivity contribution in [1.82, 2.24) is 9.78 Å². The molecule has 0 amide bonds. The van der Waals surface area contributed by atoms with Gasteiger partial charge in [0.15, 0.2) is 0 Å². The molecule has 0 spiro atoms. The SMILES string of the molecule is CCc1nn(CC2(CC#N)CC2)c(CC)c1N. The fourth-order valence-electron chi connectivity index (χ4n) is 2.38. The van der Waals surface area contributed by atoms with Crippen LogP contribution in [0.4, 0.5) is 5.69 Å². The van der Waals surface area contributed by atoms with Gasteiger partial charge in [-0.2, -0.15) is 10.4 Å². The summed E-state index contributed by atoms with van der Waals surface area (Å²) >= 11 is 0. The second-order valence-electron chi connectivity index (χ2n) is 5.01. The molecule has 1 aliphatic carbocycles. The molecule has 0 aliphatic heterocycles. The molecule has 2 N–H and O–H groups in total. The maximum Gasteiger partial charge on any atom is 0.0854 e. The fraction of sp³-hybridized carbons (Fsp3) is 0.692. The predicted molar refractivity (Wildman–Crippen MR) is 67.3 cm³/mol. The van der Waals surface area contributed by atoms with Crippen LogP contribution in [0, 0.1) is 16.7 Å². The Bertz CT molecular complexity index is 449. The average Bonchev–Trinajstić information content (AvgIpc) is 2.99. The zero-order chi connectivity index (χ0) is 12.5. The van der Waals surface area contributed by atoms with Crippen LogP contribution < -0.4 is 5.73 Å². The first-order valence-electron chi connectivity index (χ1n) is 6.36. The number of rotatable bonds is 5. The van der Waals surface area contributed by atoms with E-state index in [1.54, 1.807) is 0 Å². The van der Waals surface area contributed by atoms with Gasteiger partial charge in [0.25, 0.3) is 0 Å². The molecule has 1 aromatic rings. The van der Waals surface area contributed by atoms with Crippen LogP contribution in [0.25, 0.3) is 0 Å². The lowest BCUT2D eigenvalue weighted by Crippen LogP contribution is -2.15. The Balaban J connectivity index is 2.24. The van der Waals surface area contributed by atoms with Crippen LogP contribution in [0.15, 0.2) is 0 Å². The van der Waals surface area contributed by atoms with Crippen molar-refractivity contribution in [3.05, 3.63) is 11.4 Å². The summed E-state index contributed by atoms with van der Waals surface area (Å²) < 4.78 is 2.04. The summed E-state index contributed by atoms with van der Waals surface area (Å²) in [5.74, 6) is 0. The van der Waals surface area contributed by atoms with E-state index >= 15 is 0 Å². The Hall–Kier alpha value is -1.50. The number of nitrogens with zero attached hydrogens (tertiary/aromatic N) is 3. The molecular formula is C13H20N4. The first-order chi connectivity index (χ1) is 8.15. The van der Waals surface area contributed by atoms with Gasteiger partial charge in [-0.1, -0.05) is 13.8 Å². The van der Waals surface area contributed by atoms with Gasteiger partial charge in [-0.05, 0) is 25.7 Å². The maximum absolute atomic E-state index is 8.85. The molecule has 0 bridgehead atoms. The van der Waals surface area contributed by atoms with E-state index in [-0.39, 0.29) is 5.41 Å². The highest BCUT2D eigenvalue weighted by Gasteiger charge is 2.43. The van der Waals surface area contributed by atoms with E-state index in [9.17, 15) is 0 Å². The summed E-state index contributed by atoms with van der Waals surface area (Å²) in [5.41, 5.74) is 9.25. The monoisotopic (exact) mass is 232 g/mol. The van der Waals surface area contributed by atoms with Crippen LogP contribution in [0.5, 0.6) is 0 Å². The highest BCUT2D eigenvalue weighted by atomic mass is 15.3. The molecular weight excluding hydrogens is 212 g/mol. The van der Waals surface area contributed by atoms with E-state index in [2.05, 4.69) is 25.0 Å². The van der Waals surface area contributed by atoms with Crippen molar-refractivity contribution in [2.24, 2.45) is 5.41 Å². The summed E-state index contributed by atoms with van der Waals surface area (Å²) in [6.07, 6.45) is 4.70. The number of nitrogen functional groups attached to an aromatic ring is 1. The van der Waals surface area contributed by atoms with Crippen molar-refractivity contribution >= 4 is 5.69 Å². The largest absolute Gasteiger partial charge is 0.396 e. The van der Waals surface area contributed by atoms with Gasteiger partial charge in [0.05, 0.1) is 23.1 Å². The van der Waals surface area contributed by atoms with Crippen LogP contribution in [0.1, 0.15) is 44.5 Å². The van der Waals surface area contributed by atoms with Crippen LogP contribution in [0.2, 0.25) is 0 Å². The minimum Gasteiger partial charge on any atom is -0.396 e. The number of nitrogens with two attached hydrogens (primary N) is 1. The van der Waals surface area contributed by atoms with Gasteiger partial charge >= 0.3 is 0 Å². The van der Waals surface area contributed by atoms with Crippen LogP contribution in [0.3, 0.4) is 0 Å². The molecule has 1 aromatic heterocycles. The number of nitriles is 1. The lowest BCUT2D eigenvalue weighted by molar-refractivity contribution is 0.395. The highest BCUT2D eigenvalue weighted by Crippen LogP contribution is 2.50. The molecule has 0 unspecified atom stereocenters. The van der Waals surface area contributed by atoms with E-state index in [1.807, 2.05) is 4.68 Å². The van der Waals surface area contributed by atoms with Gasteiger partial charge in [-0.25, -0.2) is 0 Å². The molecule has 0 atom stereocenters. The van der Waals surface area contributed by atoms with E-state index < -0.39 is 0 Å². The first-order valence-corrected chi connectivity index (χ1v) is 6.36. The summed E-state index contributed by atoms with van der Waals surface area (Å²) in [7, 11) is 0. The smallest absolute Gasteiger partial charge is 0.0854 e. The Morgan fingerprint density at radius 1 is 1.41 bits per heavy atom. The quantitative estimate of drug-likeness (QED) is 0.846. The number of anilines is 1. The van der Waals surface area contributed by atoms with Crippen molar-refractivity contribution in [2.75, 3.05) is 5.73 Å². The van der Waals surface area contributed by atoms with Gasteiger partial charge in [0, 0.05) is 18.4 Å². The minimum atomic E-state index is 0.183. The summed E-state index contributed by atoms with van der Waals surface area (Å²) in [6.45, 7) is 5.03. The molecule has 92 valence electrons. The van der Waals surface area contributed by atoms with Gasteiger partial charge in [-0.15, -0.1) is 0 Å². The molecule has 17 heavy (non-hydrogen) atoms. The molecule has 1 saturated carbocycles. The van der Waals surface area contributed by atoms with E-state index in [4.69, 9.17) is 11.0 Å². The molecule has 0 saturated heterocycles. The molecule has 0 aromatic carbocycles. The standard InChI is InChI=1S/C13H20N4/c1-3-10-12(15)11(4-2)17(16-10)9-13(5-6-13)7-8-14/h3-7,9,15H2,1-2H3. The Kier molecular flexibility index (Phi) is 3.10. The van der Waals surface area contributed by atoms with Crippen molar-refractivity contribution in [1.29, 1.82) is 5.26 Å².